The highest BCUT2D eigenvalue weighted by Gasteiger charge is 2.02. The summed E-state index contributed by atoms with van der Waals surface area (Å²) in [6, 6.07) is 0. The maximum atomic E-state index is 11.5. The first-order chi connectivity index (χ1) is 12.8. The van der Waals surface area contributed by atoms with E-state index in [0.717, 1.165) is 25.9 Å². The quantitative estimate of drug-likeness (QED) is 0.165. The van der Waals surface area contributed by atoms with E-state index in [1.807, 2.05) is 6.92 Å². The van der Waals surface area contributed by atoms with E-state index in [1.165, 1.54) is 83.5 Å². The Morgan fingerprint density at radius 2 is 1.04 bits per heavy atom. The van der Waals surface area contributed by atoms with Gasteiger partial charge in [-0.15, -0.1) is 0 Å². The Hall–Kier alpha value is -0.610. The van der Waals surface area contributed by atoms with E-state index in [9.17, 15) is 4.79 Å². The summed E-state index contributed by atoms with van der Waals surface area (Å²) in [4.78, 5) is 11.5. The van der Waals surface area contributed by atoms with Crippen LogP contribution in [0.3, 0.4) is 0 Å². The molecule has 164 valence electrons. The average molecular weight is 388 g/mol. The minimum absolute atomic E-state index is 0. The number of hydrogen-bond acceptors (Lipinski definition) is 4. The van der Waals surface area contributed by atoms with Crippen LogP contribution in [0.25, 0.3) is 0 Å². The third kappa shape index (κ3) is 25.4. The molecule has 0 aliphatic rings. The predicted molar refractivity (Wildman–Crippen MR) is 117 cm³/mol. The highest BCUT2D eigenvalue weighted by Crippen LogP contribution is 2.13. The van der Waals surface area contributed by atoms with Gasteiger partial charge in [0.25, 0.3) is 0 Å². The summed E-state index contributed by atoms with van der Waals surface area (Å²) in [5, 5.41) is 0. The number of carbonyl (C=O) groups is 1. The molecule has 0 aliphatic carbocycles. The van der Waals surface area contributed by atoms with Gasteiger partial charge in [-0.3, -0.25) is 4.79 Å². The second-order valence-electron chi connectivity index (χ2n) is 7.47. The van der Waals surface area contributed by atoms with Crippen molar-refractivity contribution in [1.82, 2.24) is 6.15 Å². The van der Waals surface area contributed by atoms with Crippen molar-refractivity contribution in [3.8, 4) is 0 Å². The Balaban J connectivity index is 0. The molecule has 0 saturated carbocycles. The molecule has 27 heavy (non-hydrogen) atoms. The lowest BCUT2D eigenvalue weighted by molar-refractivity contribution is -0.144. The number of unbranched alkanes of at least 4 members (excludes halogenated alkanes) is 14. The lowest BCUT2D eigenvalue weighted by atomic mass is 10.0. The van der Waals surface area contributed by atoms with Gasteiger partial charge in [0, 0.05) is 26.1 Å². The fourth-order valence-corrected chi connectivity index (χ4v) is 3.20. The number of esters is 1. The van der Waals surface area contributed by atoms with E-state index in [1.54, 1.807) is 0 Å². The maximum Gasteiger partial charge on any atom is 0.305 e. The third-order valence-corrected chi connectivity index (χ3v) is 4.88. The van der Waals surface area contributed by atoms with Gasteiger partial charge in [-0.05, 0) is 13.3 Å². The van der Waals surface area contributed by atoms with Gasteiger partial charge in [-0.1, -0.05) is 96.8 Å². The Bertz CT molecular complexity index is 285. The maximum absolute atomic E-state index is 11.5. The minimum atomic E-state index is -0.0452. The first kappa shape index (κ1) is 28.6. The van der Waals surface area contributed by atoms with Crippen LogP contribution < -0.4 is 6.15 Å². The van der Waals surface area contributed by atoms with Gasteiger partial charge in [0.2, 0.25) is 0 Å². The van der Waals surface area contributed by atoms with Crippen molar-refractivity contribution in [3.63, 3.8) is 0 Å². The highest BCUT2D eigenvalue weighted by atomic mass is 16.5. The highest BCUT2D eigenvalue weighted by molar-refractivity contribution is 5.69. The molecule has 0 bridgehead atoms. The van der Waals surface area contributed by atoms with Crippen molar-refractivity contribution in [1.29, 1.82) is 0 Å². The van der Waals surface area contributed by atoms with Crippen LogP contribution in [0.5, 0.6) is 0 Å². The lowest BCUT2D eigenvalue weighted by Crippen LogP contribution is -2.07. The topological polar surface area (TPSA) is 70.5 Å². The minimum Gasteiger partial charge on any atom is -0.466 e. The van der Waals surface area contributed by atoms with E-state index in [4.69, 9.17) is 9.47 Å². The molecule has 0 saturated heterocycles. The van der Waals surface area contributed by atoms with Crippen LogP contribution in [0.1, 0.15) is 123 Å². The molecule has 0 heterocycles. The molecule has 0 aromatic carbocycles. The molecule has 0 atom stereocenters. The molecule has 0 amide bonds. The smallest absolute Gasteiger partial charge is 0.305 e. The standard InChI is InChI=1S/C23H46O3.H3N/c1-3-5-6-7-8-9-10-11-12-13-14-15-16-17-18-20-23(24)26-22-19-21-25-4-2;/h3-22H2,1-2H3;1H3. The lowest BCUT2D eigenvalue weighted by Gasteiger charge is -2.05. The molecule has 0 aliphatic heterocycles. The van der Waals surface area contributed by atoms with Crippen molar-refractivity contribution in [2.45, 2.75) is 123 Å². The molecular weight excluding hydrogens is 338 g/mol. The van der Waals surface area contributed by atoms with E-state index in [0.29, 0.717) is 19.6 Å². The summed E-state index contributed by atoms with van der Waals surface area (Å²) in [5.41, 5.74) is 0. The monoisotopic (exact) mass is 387 g/mol. The van der Waals surface area contributed by atoms with Gasteiger partial charge in [0.05, 0.1) is 6.61 Å². The Morgan fingerprint density at radius 3 is 1.48 bits per heavy atom. The number of hydrogen-bond donors (Lipinski definition) is 1. The first-order valence-electron chi connectivity index (χ1n) is 11.5. The Kier molecular flexibility index (Phi) is 26.9. The fraction of sp³-hybridized carbons (Fsp3) is 0.957. The summed E-state index contributed by atoms with van der Waals surface area (Å²) < 4.78 is 10.4. The van der Waals surface area contributed by atoms with Gasteiger partial charge in [-0.25, -0.2) is 0 Å². The van der Waals surface area contributed by atoms with Crippen LogP contribution in [0.15, 0.2) is 0 Å². The first-order valence-corrected chi connectivity index (χ1v) is 11.5. The Morgan fingerprint density at radius 1 is 0.593 bits per heavy atom. The molecule has 0 aromatic heterocycles. The zero-order chi connectivity index (χ0) is 19.1. The van der Waals surface area contributed by atoms with Crippen LogP contribution in [0, 0.1) is 0 Å². The zero-order valence-corrected chi connectivity index (χ0v) is 18.6. The van der Waals surface area contributed by atoms with Crippen LogP contribution in [0.2, 0.25) is 0 Å². The summed E-state index contributed by atoms with van der Waals surface area (Å²) in [7, 11) is 0. The van der Waals surface area contributed by atoms with Crippen molar-refractivity contribution in [3.05, 3.63) is 0 Å². The molecule has 4 nitrogen and oxygen atoms in total. The van der Waals surface area contributed by atoms with E-state index in [-0.39, 0.29) is 12.1 Å². The SMILES string of the molecule is CCCCCCCCCCCCCCCCCC(=O)OCCCOCC.N. The summed E-state index contributed by atoms with van der Waals surface area (Å²) >= 11 is 0. The Labute approximate surface area is 169 Å². The average Bonchev–Trinajstić information content (AvgIpc) is 2.64. The molecule has 0 unspecified atom stereocenters. The van der Waals surface area contributed by atoms with Crippen LogP contribution in [-0.2, 0) is 14.3 Å². The van der Waals surface area contributed by atoms with Crippen molar-refractivity contribution >= 4 is 5.97 Å². The second kappa shape index (κ2) is 25.4. The molecule has 0 aromatic rings. The van der Waals surface area contributed by atoms with Crippen molar-refractivity contribution < 1.29 is 14.3 Å². The summed E-state index contributed by atoms with van der Waals surface area (Å²) in [5.74, 6) is -0.0452. The van der Waals surface area contributed by atoms with Crippen LogP contribution >= 0.6 is 0 Å². The summed E-state index contributed by atoms with van der Waals surface area (Å²) in [6.07, 6.45) is 21.6. The summed E-state index contributed by atoms with van der Waals surface area (Å²) in [6.45, 7) is 6.16. The number of carbonyl (C=O) groups excluding carboxylic acids is 1. The van der Waals surface area contributed by atoms with Gasteiger partial charge >= 0.3 is 5.97 Å². The zero-order valence-electron chi connectivity index (χ0n) is 18.6. The molecule has 0 spiro atoms. The molecule has 0 radical (unpaired) electrons. The third-order valence-electron chi connectivity index (χ3n) is 4.88. The molecule has 3 N–H and O–H groups in total. The van der Waals surface area contributed by atoms with Crippen LogP contribution in [0.4, 0.5) is 0 Å². The normalized spacial score (nSPS) is 10.6. The largest absolute Gasteiger partial charge is 0.466 e. The number of rotatable bonds is 21. The van der Waals surface area contributed by atoms with E-state index < -0.39 is 0 Å². The second-order valence-corrected chi connectivity index (χ2v) is 7.47. The van der Waals surface area contributed by atoms with Crippen molar-refractivity contribution in [2.75, 3.05) is 19.8 Å². The van der Waals surface area contributed by atoms with Crippen LogP contribution in [-0.4, -0.2) is 25.8 Å². The van der Waals surface area contributed by atoms with Gasteiger partial charge < -0.3 is 15.6 Å². The predicted octanol–water partition coefficient (Wildman–Crippen LogP) is 7.38. The number of ether oxygens (including phenoxy) is 2. The molecule has 0 fully saturated rings. The molecule has 0 rings (SSSR count). The fourth-order valence-electron chi connectivity index (χ4n) is 3.20. The van der Waals surface area contributed by atoms with Gasteiger partial charge in [0.15, 0.2) is 0 Å². The van der Waals surface area contributed by atoms with Gasteiger partial charge in [-0.2, -0.15) is 0 Å². The molecular formula is C23H49NO3. The van der Waals surface area contributed by atoms with Crippen molar-refractivity contribution in [2.24, 2.45) is 0 Å². The van der Waals surface area contributed by atoms with E-state index >= 15 is 0 Å². The molecule has 4 heteroatoms. The van der Waals surface area contributed by atoms with Gasteiger partial charge in [0.1, 0.15) is 0 Å². The van der Waals surface area contributed by atoms with E-state index in [2.05, 4.69) is 6.92 Å².